The Morgan fingerprint density at radius 3 is 2.50 bits per heavy atom. The van der Waals surface area contributed by atoms with Crippen LogP contribution < -0.4 is 5.32 Å². The fraction of sp³-hybridized carbons (Fsp3) is 0.538. The van der Waals surface area contributed by atoms with Crippen molar-refractivity contribution in [3.63, 3.8) is 0 Å². The van der Waals surface area contributed by atoms with Crippen molar-refractivity contribution in [3.8, 4) is 0 Å². The van der Waals surface area contributed by atoms with E-state index in [9.17, 15) is 0 Å². The third kappa shape index (κ3) is 2.76. The molecule has 0 aliphatic heterocycles. The Kier molecular flexibility index (Phi) is 3.85. The van der Waals surface area contributed by atoms with Gasteiger partial charge in [0.05, 0.1) is 6.10 Å². The van der Waals surface area contributed by atoms with Gasteiger partial charge in [-0.15, -0.1) is 0 Å². The highest BCUT2D eigenvalue weighted by Crippen LogP contribution is 2.26. The summed E-state index contributed by atoms with van der Waals surface area (Å²) < 4.78 is 5.26. The van der Waals surface area contributed by atoms with E-state index >= 15 is 0 Å². The molecule has 1 aromatic rings. The van der Waals surface area contributed by atoms with Crippen LogP contribution in [0.4, 0.5) is 0 Å². The van der Waals surface area contributed by atoms with Crippen molar-refractivity contribution in [3.05, 3.63) is 34.9 Å². The zero-order chi connectivity index (χ0) is 11.5. The molecule has 0 heterocycles. The lowest BCUT2D eigenvalue weighted by Gasteiger charge is -2.36. The summed E-state index contributed by atoms with van der Waals surface area (Å²) in [6.07, 6.45) is 2.69. The molecular weight excluding hydrogens is 222 g/mol. The van der Waals surface area contributed by atoms with E-state index in [1.165, 1.54) is 5.56 Å². The molecular formula is C13H18ClNO. The molecule has 1 aromatic carbocycles. The van der Waals surface area contributed by atoms with Gasteiger partial charge in [0.2, 0.25) is 0 Å². The minimum atomic E-state index is 0.375. The minimum Gasteiger partial charge on any atom is -0.381 e. The molecule has 0 unspecified atom stereocenters. The molecule has 1 aliphatic carbocycles. The molecule has 1 atom stereocenters. The van der Waals surface area contributed by atoms with E-state index in [0.29, 0.717) is 18.2 Å². The van der Waals surface area contributed by atoms with Crippen LogP contribution in [0.25, 0.3) is 0 Å². The van der Waals surface area contributed by atoms with Gasteiger partial charge >= 0.3 is 0 Å². The van der Waals surface area contributed by atoms with Crippen LogP contribution in [0.2, 0.25) is 5.02 Å². The summed E-state index contributed by atoms with van der Waals surface area (Å²) in [6.45, 7) is 2.18. The summed E-state index contributed by atoms with van der Waals surface area (Å²) in [7, 11) is 1.78. The molecule has 2 nitrogen and oxygen atoms in total. The summed E-state index contributed by atoms with van der Waals surface area (Å²) in [5.74, 6) is 0. The molecule has 0 amide bonds. The van der Waals surface area contributed by atoms with Gasteiger partial charge in [-0.1, -0.05) is 23.7 Å². The molecule has 0 aromatic heterocycles. The van der Waals surface area contributed by atoms with Crippen LogP contribution in [0.5, 0.6) is 0 Å². The summed E-state index contributed by atoms with van der Waals surface area (Å²) >= 11 is 5.86. The van der Waals surface area contributed by atoms with Crippen molar-refractivity contribution in [2.45, 2.75) is 38.0 Å². The summed E-state index contributed by atoms with van der Waals surface area (Å²) in [5, 5.41) is 4.38. The number of benzene rings is 1. The molecule has 2 rings (SSSR count). The van der Waals surface area contributed by atoms with Crippen LogP contribution in [0.3, 0.4) is 0 Å². The van der Waals surface area contributed by atoms with Gasteiger partial charge in [0.1, 0.15) is 0 Å². The van der Waals surface area contributed by atoms with Crippen LogP contribution in [0.15, 0.2) is 24.3 Å². The molecule has 3 heteroatoms. The minimum absolute atomic E-state index is 0.375. The Balaban J connectivity index is 1.84. The number of hydrogen-bond donors (Lipinski definition) is 1. The highest BCUT2D eigenvalue weighted by molar-refractivity contribution is 6.30. The maximum absolute atomic E-state index is 5.86. The predicted molar refractivity (Wildman–Crippen MR) is 66.8 cm³/mol. The van der Waals surface area contributed by atoms with Crippen LogP contribution in [-0.4, -0.2) is 19.3 Å². The molecule has 16 heavy (non-hydrogen) atoms. The second-order valence-corrected chi connectivity index (χ2v) is 4.90. The Hall–Kier alpha value is -0.570. The van der Waals surface area contributed by atoms with E-state index in [1.54, 1.807) is 7.11 Å². The smallest absolute Gasteiger partial charge is 0.0601 e. The highest BCUT2D eigenvalue weighted by Gasteiger charge is 2.29. The number of nitrogens with one attached hydrogen (secondary N) is 1. The van der Waals surface area contributed by atoms with Gasteiger partial charge in [0.15, 0.2) is 0 Å². The largest absolute Gasteiger partial charge is 0.381 e. The number of halogens is 1. The molecule has 0 saturated heterocycles. The molecule has 1 N–H and O–H groups in total. The average molecular weight is 240 g/mol. The number of hydrogen-bond acceptors (Lipinski definition) is 2. The molecule has 88 valence electrons. The van der Waals surface area contributed by atoms with Crippen LogP contribution in [-0.2, 0) is 4.74 Å². The molecule has 0 radical (unpaired) electrons. The average Bonchev–Trinajstić information content (AvgIpc) is 2.23. The van der Waals surface area contributed by atoms with Gasteiger partial charge in [-0.3, -0.25) is 0 Å². The quantitative estimate of drug-likeness (QED) is 0.872. The van der Waals surface area contributed by atoms with E-state index < -0.39 is 0 Å². The molecule has 0 spiro atoms. The monoisotopic (exact) mass is 239 g/mol. The van der Waals surface area contributed by atoms with Crippen molar-refractivity contribution in [1.29, 1.82) is 0 Å². The highest BCUT2D eigenvalue weighted by atomic mass is 35.5. The summed E-state index contributed by atoms with van der Waals surface area (Å²) in [6, 6.07) is 9.00. The Labute approximate surface area is 102 Å². The second-order valence-electron chi connectivity index (χ2n) is 4.47. The number of methoxy groups -OCH3 is 1. The van der Waals surface area contributed by atoms with Gasteiger partial charge in [-0.2, -0.15) is 0 Å². The van der Waals surface area contributed by atoms with Gasteiger partial charge in [0, 0.05) is 24.2 Å². The fourth-order valence-electron chi connectivity index (χ4n) is 2.10. The first kappa shape index (κ1) is 11.9. The zero-order valence-electron chi connectivity index (χ0n) is 9.74. The van der Waals surface area contributed by atoms with E-state index in [1.807, 2.05) is 12.1 Å². The van der Waals surface area contributed by atoms with E-state index in [-0.39, 0.29) is 0 Å². The van der Waals surface area contributed by atoms with E-state index in [2.05, 4.69) is 24.4 Å². The fourth-order valence-corrected chi connectivity index (χ4v) is 2.22. The van der Waals surface area contributed by atoms with Crippen molar-refractivity contribution in [2.75, 3.05) is 7.11 Å². The van der Waals surface area contributed by atoms with Gasteiger partial charge < -0.3 is 10.1 Å². The van der Waals surface area contributed by atoms with Crippen molar-refractivity contribution in [2.24, 2.45) is 0 Å². The first-order valence-corrected chi connectivity index (χ1v) is 6.11. The maximum atomic E-state index is 5.86. The Bertz CT molecular complexity index is 332. The molecule has 1 aliphatic rings. The Morgan fingerprint density at radius 2 is 1.94 bits per heavy atom. The Morgan fingerprint density at radius 1 is 1.31 bits per heavy atom. The third-order valence-corrected chi connectivity index (χ3v) is 3.54. The van der Waals surface area contributed by atoms with Crippen molar-refractivity contribution >= 4 is 11.6 Å². The normalized spacial score (nSPS) is 26.2. The second kappa shape index (κ2) is 5.17. The van der Waals surface area contributed by atoms with Crippen LogP contribution in [0.1, 0.15) is 31.4 Å². The van der Waals surface area contributed by atoms with Gasteiger partial charge in [0.25, 0.3) is 0 Å². The topological polar surface area (TPSA) is 21.3 Å². The molecule has 1 saturated carbocycles. The third-order valence-electron chi connectivity index (χ3n) is 3.28. The zero-order valence-corrected chi connectivity index (χ0v) is 10.5. The first-order chi connectivity index (χ1) is 7.69. The first-order valence-electron chi connectivity index (χ1n) is 5.73. The summed E-state index contributed by atoms with van der Waals surface area (Å²) in [4.78, 5) is 0. The van der Waals surface area contributed by atoms with E-state index in [0.717, 1.165) is 17.9 Å². The number of ether oxygens (including phenoxy) is 1. The number of rotatable bonds is 4. The molecule has 0 bridgehead atoms. The summed E-state index contributed by atoms with van der Waals surface area (Å²) in [5.41, 5.74) is 1.28. The van der Waals surface area contributed by atoms with Gasteiger partial charge in [-0.25, -0.2) is 0 Å². The maximum Gasteiger partial charge on any atom is 0.0601 e. The predicted octanol–water partition coefficient (Wildman–Crippen LogP) is 3.17. The lowest BCUT2D eigenvalue weighted by atomic mass is 9.88. The van der Waals surface area contributed by atoms with Crippen molar-refractivity contribution in [1.82, 2.24) is 5.32 Å². The van der Waals surface area contributed by atoms with Crippen LogP contribution >= 0.6 is 11.6 Å². The SMILES string of the molecule is COC1CC(N[C@H](C)c2ccc(Cl)cc2)C1. The van der Waals surface area contributed by atoms with Gasteiger partial charge in [-0.05, 0) is 37.5 Å². The van der Waals surface area contributed by atoms with Crippen LogP contribution in [0, 0.1) is 0 Å². The lowest BCUT2D eigenvalue weighted by Crippen LogP contribution is -2.45. The standard InChI is InChI=1S/C13H18ClNO/c1-9(10-3-5-11(14)6-4-10)15-12-7-13(8-12)16-2/h3-6,9,12-13,15H,7-8H2,1-2H3/t9-,12?,13?/m1/s1. The van der Waals surface area contributed by atoms with Crippen molar-refractivity contribution < 1.29 is 4.74 Å². The lowest BCUT2D eigenvalue weighted by molar-refractivity contribution is 0.0147. The molecule has 1 fully saturated rings. The van der Waals surface area contributed by atoms with E-state index in [4.69, 9.17) is 16.3 Å².